The normalized spacial score (nSPS) is 24.6. The van der Waals surface area contributed by atoms with E-state index >= 15 is 0 Å². The molecule has 1 aromatic carbocycles. The molecular weight excluding hydrogens is 509 g/mol. The first kappa shape index (κ1) is 26.2. The molecule has 3 aliphatic heterocycles. The summed E-state index contributed by atoms with van der Waals surface area (Å²) in [7, 11) is 0. The van der Waals surface area contributed by atoms with E-state index in [0.717, 1.165) is 43.9 Å². The van der Waals surface area contributed by atoms with Crippen LogP contribution in [0.25, 0.3) is 0 Å². The lowest BCUT2D eigenvalue weighted by Crippen LogP contribution is -2.46. The molecule has 0 spiro atoms. The van der Waals surface area contributed by atoms with Gasteiger partial charge >= 0.3 is 12.2 Å². The molecule has 2 unspecified atom stereocenters. The largest absolute Gasteiger partial charge is 0.416 e. The Morgan fingerprint density at radius 3 is 2.31 bits per heavy atom. The summed E-state index contributed by atoms with van der Waals surface area (Å²) in [4.78, 5) is 32.1. The molecule has 2 aromatic rings. The van der Waals surface area contributed by atoms with Gasteiger partial charge in [-0.3, -0.25) is 9.48 Å². The third-order valence-electron chi connectivity index (χ3n) is 8.74. The van der Waals surface area contributed by atoms with E-state index in [9.17, 15) is 22.8 Å². The highest BCUT2D eigenvalue weighted by molar-refractivity contribution is 5.96. The molecule has 4 heterocycles. The topological polar surface area (TPSA) is 87.7 Å². The minimum atomic E-state index is -4.48. The molecule has 210 valence electrons. The second-order valence-electron chi connectivity index (χ2n) is 11.4. The number of piperidine rings is 1. The monoisotopic (exact) mass is 544 g/mol. The highest BCUT2D eigenvalue weighted by Crippen LogP contribution is 2.45. The molecule has 3 saturated heterocycles. The van der Waals surface area contributed by atoms with Crippen molar-refractivity contribution in [3.05, 3.63) is 52.8 Å². The van der Waals surface area contributed by atoms with Gasteiger partial charge in [0.25, 0.3) is 5.91 Å². The number of aromatic nitrogens is 2. The molecule has 1 saturated carbocycles. The van der Waals surface area contributed by atoms with E-state index < -0.39 is 17.8 Å². The highest BCUT2D eigenvalue weighted by atomic mass is 19.4. The van der Waals surface area contributed by atoms with E-state index in [1.165, 1.54) is 12.1 Å². The smallest absolute Gasteiger partial charge is 0.331 e. The number of rotatable bonds is 4. The Balaban J connectivity index is 1.20. The van der Waals surface area contributed by atoms with Crippen LogP contribution in [0.1, 0.15) is 90.1 Å². The molecule has 39 heavy (non-hydrogen) atoms. The number of halogens is 3. The Hall–Kier alpha value is -3.08. The first-order valence-corrected chi connectivity index (χ1v) is 14.1. The van der Waals surface area contributed by atoms with Gasteiger partial charge in [-0.15, -0.1) is 0 Å². The number of hydrogen-bond donors (Lipinski definition) is 1. The molecule has 2 atom stereocenters. The summed E-state index contributed by atoms with van der Waals surface area (Å²) in [6.45, 7) is 2.95. The maximum atomic E-state index is 13.9. The van der Waals surface area contributed by atoms with Crippen LogP contribution in [-0.4, -0.2) is 75.2 Å². The number of benzene rings is 1. The van der Waals surface area contributed by atoms with Crippen LogP contribution in [0.15, 0.2) is 30.5 Å². The summed E-state index contributed by atoms with van der Waals surface area (Å²) >= 11 is 0. The first-order chi connectivity index (χ1) is 18.7. The number of nitrogens with zero attached hydrogens (tertiary/aromatic N) is 5. The van der Waals surface area contributed by atoms with Gasteiger partial charge in [-0.2, -0.15) is 18.3 Å². The van der Waals surface area contributed by atoms with Crippen LogP contribution in [0.5, 0.6) is 0 Å². The van der Waals surface area contributed by atoms with Gasteiger partial charge < -0.3 is 20.4 Å². The van der Waals surface area contributed by atoms with Crippen molar-refractivity contribution in [2.45, 2.75) is 75.2 Å². The zero-order valence-corrected chi connectivity index (χ0v) is 21.9. The van der Waals surface area contributed by atoms with Crippen molar-refractivity contribution in [3.63, 3.8) is 0 Å². The van der Waals surface area contributed by atoms with E-state index in [-0.39, 0.29) is 35.5 Å². The van der Waals surface area contributed by atoms with Crippen LogP contribution in [0.3, 0.4) is 0 Å². The molecule has 0 bridgehead atoms. The SMILES string of the molecule is NC1CCN(C(=O)N2CCC(n3ncc(C(=O)N4CCCC4c4ccccc4C(F)(F)F)c3C3CC3)CC2)C1. The van der Waals surface area contributed by atoms with Crippen LogP contribution < -0.4 is 5.73 Å². The van der Waals surface area contributed by atoms with Crippen LogP contribution in [-0.2, 0) is 6.18 Å². The summed E-state index contributed by atoms with van der Waals surface area (Å²) in [6.07, 6.45) is 2.55. The fourth-order valence-corrected chi connectivity index (χ4v) is 6.59. The average Bonchev–Trinajstić information content (AvgIpc) is 3.30. The number of alkyl halides is 3. The molecule has 8 nitrogen and oxygen atoms in total. The van der Waals surface area contributed by atoms with Gasteiger partial charge in [0.2, 0.25) is 0 Å². The summed E-state index contributed by atoms with van der Waals surface area (Å²) in [5.74, 6) is 0.00123. The van der Waals surface area contributed by atoms with Crippen molar-refractivity contribution in [3.8, 4) is 0 Å². The van der Waals surface area contributed by atoms with Crippen molar-refractivity contribution < 1.29 is 22.8 Å². The molecule has 4 fully saturated rings. The Kier molecular flexibility index (Phi) is 6.81. The third-order valence-corrected chi connectivity index (χ3v) is 8.74. The molecule has 4 aliphatic rings. The quantitative estimate of drug-likeness (QED) is 0.612. The van der Waals surface area contributed by atoms with E-state index in [4.69, 9.17) is 5.73 Å². The third kappa shape index (κ3) is 5.01. The van der Waals surface area contributed by atoms with Crippen LogP contribution in [0, 0.1) is 0 Å². The maximum Gasteiger partial charge on any atom is 0.416 e. The zero-order valence-electron chi connectivity index (χ0n) is 21.9. The number of likely N-dealkylation sites (tertiary alicyclic amines) is 3. The highest BCUT2D eigenvalue weighted by Gasteiger charge is 2.42. The van der Waals surface area contributed by atoms with Crippen LogP contribution >= 0.6 is 0 Å². The van der Waals surface area contributed by atoms with E-state index in [0.29, 0.717) is 51.1 Å². The number of urea groups is 1. The zero-order chi connectivity index (χ0) is 27.3. The summed E-state index contributed by atoms with van der Waals surface area (Å²) < 4.78 is 43.3. The second-order valence-corrected chi connectivity index (χ2v) is 11.4. The van der Waals surface area contributed by atoms with Crippen molar-refractivity contribution in [1.29, 1.82) is 0 Å². The van der Waals surface area contributed by atoms with E-state index in [1.807, 2.05) is 14.5 Å². The number of hydrogen-bond acceptors (Lipinski definition) is 4. The standard InChI is InChI=1S/C28H35F3N6O2/c29-28(30,31)23-5-2-1-4-21(23)24-6-3-12-36(24)26(38)22-16-33-37(25(22)18-7-8-18)20-10-14-34(15-11-20)27(39)35-13-9-19(32)17-35/h1-2,4-5,16,18-20,24H,3,6-15,17,32H2. The van der Waals surface area contributed by atoms with E-state index in [1.54, 1.807) is 17.2 Å². The van der Waals surface area contributed by atoms with E-state index in [2.05, 4.69) is 5.10 Å². The molecule has 0 radical (unpaired) electrons. The lowest BCUT2D eigenvalue weighted by atomic mass is 9.97. The van der Waals surface area contributed by atoms with Gasteiger partial charge in [0, 0.05) is 44.7 Å². The molecule has 3 amide bonds. The van der Waals surface area contributed by atoms with Crippen molar-refractivity contribution in [1.82, 2.24) is 24.5 Å². The average molecular weight is 545 g/mol. The van der Waals surface area contributed by atoms with Gasteiger partial charge in [-0.05, 0) is 56.6 Å². The molecule has 1 aromatic heterocycles. The Morgan fingerprint density at radius 1 is 0.923 bits per heavy atom. The van der Waals surface area contributed by atoms with Gasteiger partial charge in [-0.25, -0.2) is 4.79 Å². The summed E-state index contributed by atoms with van der Waals surface area (Å²) in [5, 5.41) is 4.66. The lowest BCUT2D eigenvalue weighted by Gasteiger charge is -2.35. The Labute approximate surface area is 225 Å². The predicted octanol–water partition coefficient (Wildman–Crippen LogP) is 4.55. The minimum Gasteiger partial charge on any atom is -0.331 e. The van der Waals surface area contributed by atoms with Crippen LogP contribution in [0.2, 0.25) is 0 Å². The number of carbonyl (C=O) groups is 2. The lowest BCUT2D eigenvalue weighted by molar-refractivity contribution is -0.138. The molecule has 2 N–H and O–H groups in total. The number of amides is 3. The second kappa shape index (κ2) is 10.1. The first-order valence-electron chi connectivity index (χ1n) is 14.1. The molecule has 6 rings (SSSR count). The van der Waals surface area contributed by atoms with Crippen molar-refractivity contribution >= 4 is 11.9 Å². The number of carbonyl (C=O) groups excluding carboxylic acids is 2. The predicted molar refractivity (Wildman–Crippen MR) is 138 cm³/mol. The Morgan fingerprint density at radius 2 is 1.64 bits per heavy atom. The fourth-order valence-electron chi connectivity index (χ4n) is 6.59. The van der Waals surface area contributed by atoms with Crippen LogP contribution in [0.4, 0.5) is 18.0 Å². The summed E-state index contributed by atoms with van der Waals surface area (Å²) in [5.41, 5.74) is 6.88. The van der Waals surface area contributed by atoms with Crippen molar-refractivity contribution in [2.24, 2.45) is 5.73 Å². The summed E-state index contributed by atoms with van der Waals surface area (Å²) in [6, 6.07) is 5.14. The fraction of sp³-hybridized carbons (Fsp3) is 0.607. The van der Waals surface area contributed by atoms with Gasteiger partial charge in [0.1, 0.15) is 0 Å². The molecule has 11 heteroatoms. The maximum absolute atomic E-state index is 13.9. The van der Waals surface area contributed by atoms with Gasteiger partial charge in [-0.1, -0.05) is 18.2 Å². The molecule has 1 aliphatic carbocycles. The van der Waals surface area contributed by atoms with Gasteiger partial charge in [0.15, 0.2) is 0 Å². The number of nitrogens with two attached hydrogens (primary N) is 1. The molecular formula is C28H35F3N6O2. The Bertz CT molecular complexity index is 1230. The van der Waals surface area contributed by atoms with Gasteiger partial charge in [0.05, 0.1) is 35.1 Å². The minimum absolute atomic E-state index is 0.0411. The van der Waals surface area contributed by atoms with Crippen molar-refractivity contribution in [2.75, 3.05) is 32.7 Å².